The molecule has 1 aromatic heterocycles. The first-order chi connectivity index (χ1) is 19.5. The van der Waals surface area contributed by atoms with Crippen LogP contribution in [0.4, 0.5) is 10.1 Å². The highest BCUT2D eigenvalue weighted by Crippen LogP contribution is 2.24. The van der Waals surface area contributed by atoms with Crippen molar-refractivity contribution in [2.45, 2.75) is 18.6 Å². The average molecular weight is 556 g/mol. The number of fused-ring (bicyclic) bond motifs is 1. The van der Waals surface area contributed by atoms with E-state index < -0.39 is 0 Å². The number of halogens is 1. The van der Waals surface area contributed by atoms with Crippen molar-refractivity contribution in [2.75, 3.05) is 17.7 Å². The van der Waals surface area contributed by atoms with Crippen LogP contribution in [0.3, 0.4) is 0 Å². The van der Waals surface area contributed by atoms with Gasteiger partial charge in [0, 0.05) is 16.9 Å². The number of hydrogen-bond acceptors (Lipinski definition) is 6. The van der Waals surface area contributed by atoms with Crippen LogP contribution in [0.25, 0.3) is 16.5 Å². The Balaban J connectivity index is 1.31. The zero-order valence-corrected chi connectivity index (χ0v) is 22.5. The number of carbonyl (C=O) groups is 2. The first-order valence-corrected chi connectivity index (χ1v) is 13.6. The van der Waals surface area contributed by atoms with Gasteiger partial charge in [-0.15, -0.1) is 10.2 Å². The molecule has 0 saturated carbocycles. The van der Waals surface area contributed by atoms with E-state index in [1.54, 1.807) is 47.0 Å². The summed E-state index contributed by atoms with van der Waals surface area (Å²) in [6.45, 7) is 2.54. The molecule has 0 radical (unpaired) electrons. The van der Waals surface area contributed by atoms with Crippen molar-refractivity contribution < 1.29 is 18.7 Å². The lowest BCUT2D eigenvalue weighted by atomic mass is 10.0. The molecule has 0 unspecified atom stereocenters. The van der Waals surface area contributed by atoms with Crippen LogP contribution in [-0.2, 0) is 11.3 Å². The number of hydrogen-bond donors (Lipinski definition) is 2. The predicted molar refractivity (Wildman–Crippen MR) is 153 cm³/mol. The summed E-state index contributed by atoms with van der Waals surface area (Å²) in [5.74, 6) is 0.362. The average Bonchev–Trinajstić information content (AvgIpc) is 3.39. The molecular weight excluding hydrogens is 529 g/mol. The Morgan fingerprint density at radius 2 is 1.68 bits per heavy atom. The normalized spacial score (nSPS) is 10.8. The molecule has 0 bridgehead atoms. The molecule has 2 amide bonds. The van der Waals surface area contributed by atoms with E-state index in [2.05, 4.69) is 20.8 Å². The first kappa shape index (κ1) is 26.9. The van der Waals surface area contributed by atoms with Gasteiger partial charge in [0.25, 0.3) is 5.91 Å². The van der Waals surface area contributed by atoms with E-state index in [0.29, 0.717) is 34.5 Å². The maximum absolute atomic E-state index is 13.7. The molecule has 5 aromatic rings. The minimum Gasteiger partial charge on any atom is -0.494 e. The second-order valence-electron chi connectivity index (χ2n) is 8.71. The van der Waals surface area contributed by atoms with E-state index in [-0.39, 0.29) is 29.9 Å². The van der Waals surface area contributed by atoms with Gasteiger partial charge in [0.05, 0.1) is 18.9 Å². The Labute approximate surface area is 234 Å². The fourth-order valence-corrected chi connectivity index (χ4v) is 4.93. The number of nitrogens with zero attached hydrogens (tertiary/aromatic N) is 3. The van der Waals surface area contributed by atoms with Crippen LogP contribution in [0.1, 0.15) is 23.1 Å². The summed E-state index contributed by atoms with van der Waals surface area (Å²) in [4.78, 5) is 25.7. The second-order valence-corrected chi connectivity index (χ2v) is 9.66. The first-order valence-electron chi connectivity index (χ1n) is 12.6. The van der Waals surface area contributed by atoms with Gasteiger partial charge in [-0.2, -0.15) is 0 Å². The third kappa shape index (κ3) is 6.29. The molecule has 4 aromatic carbocycles. The smallest absolute Gasteiger partial charge is 0.252 e. The topological polar surface area (TPSA) is 98.1 Å². The highest BCUT2D eigenvalue weighted by Gasteiger charge is 2.18. The monoisotopic (exact) mass is 555 g/mol. The van der Waals surface area contributed by atoms with Gasteiger partial charge in [-0.25, -0.2) is 4.39 Å². The van der Waals surface area contributed by atoms with Gasteiger partial charge in [-0.3, -0.25) is 14.2 Å². The van der Waals surface area contributed by atoms with E-state index in [1.165, 1.54) is 23.9 Å². The molecule has 40 heavy (non-hydrogen) atoms. The Morgan fingerprint density at radius 3 is 2.45 bits per heavy atom. The third-order valence-electron chi connectivity index (χ3n) is 6.01. The largest absolute Gasteiger partial charge is 0.494 e. The Morgan fingerprint density at radius 1 is 0.925 bits per heavy atom. The number of amides is 2. The number of benzene rings is 4. The lowest BCUT2D eigenvalue weighted by Crippen LogP contribution is -2.25. The molecule has 0 spiro atoms. The number of thioether (sulfide) groups is 1. The molecule has 1 heterocycles. The van der Waals surface area contributed by atoms with Crippen molar-refractivity contribution in [3.05, 3.63) is 108 Å². The number of carbonyl (C=O) groups excluding carboxylic acids is 2. The quantitative estimate of drug-likeness (QED) is 0.217. The summed E-state index contributed by atoms with van der Waals surface area (Å²) in [5.41, 5.74) is 1.80. The second kappa shape index (κ2) is 12.4. The van der Waals surface area contributed by atoms with Crippen LogP contribution in [0.2, 0.25) is 0 Å². The lowest BCUT2D eigenvalue weighted by Gasteiger charge is -2.12. The van der Waals surface area contributed by atoms with Crippen LogP contribution in [0.15, 0.2) is 96.2 Å². The van der Waals surface area contributed by atoms with E-state index in [0.717, 1.165) is 16.5 Å². The molecule has 0 aliphatic rings. The number of nitrogens with one attached hydrogen (secondary N) is 2. The van der Waals surface area contributed by atoms with Crippen molar-refractivity contribution in [1.29, 1.82) is 0 Å². The van der Waals surface area contributed by atoms with Crippen LogP contribution >= 0.6 is 11.8 Å². The van der Waals surface area contributed by atoms with Gasteiger partial charge in [-0.1, -0.05) is 48.2 Å². The van der Waals surface area contributed by atoms with Crippen LogP contribution in [0, 0.1) is 5.82 Å². The molecule has 0 fully saturated rings. The summed E-state index contributed by atoms with van der Waals surface area (Å²) >= 11 is 1.18. The Hall–Kier alpha value is -4.70. The third-order valence-corrected chi connectivity index (χ3v) is 6.94. The van der Waals surface area contributed by atoms with E-state index in [4.69, 9.17) is 4.74 Å². The summed E-state index contributed by atoms with van der Waals surface area (Å²) in [5, 5.41) is 16.5. The highest BCUT2D eigenvalue weighted by molar-refractivity contribution is 7.99. The van der Waals surface area contributed by atoms with Gasteiger partial charge in [0.1, 0.15) is 11.6 Å². The Bertz CT molecular complexity index is 1630. The highest BCUT2D eigenvalue weighted by atomic mass is 32.2. The van der Waals surface area contributed by atoms with Crippen LogP contribution < -0.4 is 15.4 Å². The molecular formula is C30H26FN5O3S. The molecule has 0 aliphatic heterocycles. The number of anilines is 1. The number of ether oxygens (including phenoxy) is 1. The summed E-state index contributed by atoms with van der Waals surface area (Å²) in [6, 6.07) is 26.2. The summed E-state index contributed by atoms with van der Waals surface area (Å²) in [7, 11) is 0. The number of aromatic nitrogens is 3. The molecule has 8 nitrogen and oxygen atoms in total. The maximum atomic E-state index is 13.7. The molecule has 0 saturated heterocycles. The van der Waals surface area contributed by atoms with Crippen molar-refractivity contribution in [1.82, 2.24) is 20.1 Å². The molecule has 0 aliphatic carbocycles. The van der Waals surface area contributed by atoms with Crippen LogP contribution in [-0.4, -0.2) is 38.9 Å². The molecule has 2 N–H and O–H groups in total. The van der Waals surface area contributed by atoms with E-state index in [1.807, 2.05) is 43.3 Å². The van der Waals surface area contributed by atoms with E-state index >= 15 is 0 Å². The summed E-state index contributed by atoms with van der Waals surface area (Å²) < 4.78 is 20.8. The van der Waals surface area contributed by atoms with Crippen molar-refractivity contribution in [3.63, 3.8) is 0 Å². The minimum absolute atomic E-state index is 0.0644. The fourth-order valence-electron chi connectivity index (χ4n) is 4.16. The standard InChI is InChI=1S/C30H26FN5O3S/c1-2-39-24-16-12-22(13-17-24)33-28(37)19-40-30-35-34-27(36(30)23-14-10-21(31)11-15-23)18-32-29(38)26-9-5-7-20-6-3-4-8-25(20)26/h3-17H,2,18-19H2,1H3,(H,32,38)(H,33,37). The SMILES string of the molecule is CCOc1ccc(NC(=O)CSc2nnc(CNC(=O)c3cccc4ccccc34)n2-c2ccc(F)cc2)cc1. The number of rotatable bonds is 10. The molecule has 5 rings (SSSR count). The van der Waals surface area contributed by atoms with Crippen molar-refractivity contribution in [2.24, 2.45) is 0 Å². The molecule has 10 heteroatoms. The Kier molecular flexibility index (Phi) is 8.36. The van der Waals surface area contributed by atoms with Gasteiger partial charge < -0.3 is 15.4 Å². The zero-order chi connectivity index (χ0) is 27.9. The maximum Gasteiger partial charge on any atom is 0.252 e. The zero-order valence-electron chi connectivity index (χ0n) is 21.6. The molecule has 202 valence electrons. The fraction of sp³-hybridized carbons (Fsp3) is 0.133. The lowest BCUT2D eigenvalue weighted by molar-refractivity contribution is -0.113. The van der Waals surface area contributed by atoms with Gasteiger partial charge >= 0.3 is 0 Å². The predicted octanol–water partition coefficient (Wildman–Crippen LogP) is 5.62. The van der Waals surface area contributed by atoms with E-state index in [9.17, 15) is 14.0 Å². The minimum atomic E-state index is -0.383. The van der Waals surface area contributed by atoms with Gasteiger partial charge in [0.15, 0.2) is 11.0 Å². The van der Waals surface area contributed by atoms with Crippen molar-refractivity contribution in [3.8, 4) is 11.4 Å². The van der Waals surface area contributed by atoms with Gasteiger partial charge in [0.2, 0.25) is 5.91 Å². The summed E-state index contributed by atoms with van der Waals surface area (Å²) in [6.07, 6.45) is 0. The van der Waals surface area contributed by atoms with Crippen LogP contribution in [0.5, 0.6) is 5.75 Å². The molecule has 0 atom stereocenters. The van der Waals surface area contributed by atoms with Crippen molar-refractivity contribution >= 4 is 40.0 Å². The van der Waals surface area contributed by atoms with Gasteiger partial charge in [-0.05, 0) is 72.3 Å².